The zero-order valence-corrected chi connectivity index (χ0v) is 22.6. The van der Waals surface area contributed by atoms with Gasteiger partial charge in [0.05, 0.1) is 12.2 Å². The van der Waals surface area contributed by atoms with Crippen molar-refractivity contribution < 1.29 is 31.9 Å². The Morgan fingerprint density at radius 3 is 2.49 bits per heavy atom. The smallest absolute Gasteiger partial charge is 0.417 e. The lowest BCUT2D eigenvalue weighted by Gasteiger charge is -2.24. The first-order valence-corrected chi connectivity index (χ1v) is 13.5. The highest BCUT2D eigenvalue weighted by Crippen LogP contribution is 2.38. The normalized spacial score (nSPS) is 17.4. The van der Waals surface area contributed by atoms with Crippen molar-refractivity contribution in [3.8, 4) is 5.75 Å². The van der Waals surface area contributed by atoms with E-state index in [0.717, 1.165) is 16.3 Å². The minimum absolute atomic E-state index is 0.128. The predicted octanol–water partition coefficient (Wildman–Crippen LogP) is 6.54. The molecule has 1 atom stereocenters. The molecule has 1 aliphatic rings. The van der Waals surface area contributed by atoms with Crippen LogP contribution >= 0.6 is 0 Å². The highest BCUT2D eigenvalue weighted by atomic mass is 19.4. The van der Waals surface area contributed by atoms with E-state index in [1.54, 1.807) is 6.92 Å². The van der Waals surface area contributed by atoms with Crippen molar-refractivity contribution in [1.82, 2.24) is 10.2 Å². The molecule has 0 radical (unpaired) electrons. The molecule has 1 aliphatic heterocycles. The summed E-state index contributed by atoms with van der Waals surface area (Å²) in [6.45, 7) is 3.93. The van der Waals surface area contributed by atoms with Crippen LogP contribution in [0.1, 0.15) is 49.8 Å². The van der Waals surface area contributed by atoms with Crippen molar-refractivity contribution in [3.05, 3.63) is 87.8 Å². The monoisotopic (exact) mass is 566 g/mol. The van der Waals surface area contributed by atoms with Gasteiger partial charge in [-0.2, -0.15) is 13.2 Å². The number of halogens is 3. The number of unbranched alkanes of at least 4 members (excludes halogenated alkanes) is 1. The number of ether oxygens (including phenoxy) is 1. The third-order valence-electron chi connectivity index (χ3n) is 7.41. The number of amides is 3. The van der Waals surface area contributed by atoms with Crippen molar-refractivity contribution in [2.75, 3.05) is 13.2 Å². The minimum Gasteiger partial charge on any atom is -0.493 e. The van der Waals surface area contributed by atoms with Gasteiger partial charge in [0, 0.05) is 23.6 Å². The van der Waals surface area contributed by atoms with E-state index in [-0.39, 0.29) is 30.0 Å². The molecule has 4 aromatic rings. The minimum atomic E-state index is -4.71. The molecule has 5 rings (SSSR count). The summed E-state index contributed by atoms with van der Waals surface area (Å²) in [4.78, 5) is 39.4. The second-order valence-electron chi connectivity index (χ2n) is 10.2. The van der Waals surface area contributed by atoms with Crippen LogP contribution in [0.4, 0.5) is 18.0 Å². The van der Waals surface area contributed by atoms with Crippen LogP contribution < -0.4 is 15.7 Å². The van der Waals surface area contributed by atoms with Crippen molar-refractivity contribution >= 4 is 33.7 Å². The maximum Gasteiger partial charge on any atom is 0.417 e. The Kier molecular flexibility index (Phi) is 7.50. The van der Waals surface area contributed by atoms with E-state index in [1.807, 2.05) is 49.4 Å². The first-order valence-electron chi connectivity index (χ1n) is 13.5. The Bertz CT molecular complexity index is 1690. The van der Waals surface area contributed by atoms with Gasteiger partial charge in [-0.05, 0) is 54.7 Å². The molecule has 0 aliphatic carbocycles. The highest BCUT2D eigenvalue weighted by molar-refractivity contribution is 6.09. The fraction of sp³-hybridized carbons (Fsp3) is 0.323. The van der Waals surface area contributed by atoms with E-state index in [2.05, 4.69) is 5.32 Å². The van der Waals surface area contributed by atoms with E-state index in [0.29, 0.717) is 43.1 Å². The molecule has 41 heavy (non-hydrogen) atoms. The number of hydrogen-bond donors (Lipinski definition) is 1. The van der Waals surface area contributed by atoms with Gasteiger partial charge in [0.1, 0.15) is 16.9 Å². The van der Waals surface area contributed by atoms with Gasteiger partial charge in [0.2, 0.25) is 0 Å². The predicted molar refractivity (Wildman–Crippen MR) is 148 cm³/mol. The summed E-state index contributed by atoms with van der Waals surface area (Å²) in [5, 5.41) is 4.51. The Morgan fingerprint density at radius 2 is 1.73 bits per heavy atom. The topological polar surface area (TPSA) is 88.9 Å². The quantitative estimate of drug-likeness (QED) is 0.141. The van der Waals surface area contributed by atoms with Crippen LogP contribution in [0.25, 0.3) is 21.7 Å². The standard InChI is InChI=1S/C31H29F3N2O5/c1-3-9-22-25(15-14-21-24(31(32,33)34)18-26(37)41-27(21)22)40-17-7-6-16-36-28(38)30(2,35-29(36)39)23-13-8-11-19-10-4-5-12-20(19)23/h4-5,8,10-15,18H,3,6-7,9,16-17H2,1-2H3,(H,35,39). The van der Waals surface area contributed by atoms with E-state index in [4.69, 9.17) is 9.15 Å². The Labute approximate surface area is 233 Å². The number of carbonyl (C=O) groups excluding carboxylic acids is 2. The van der Waals surface area contributed by atoms with Crippen LogP contribution in [0.2, 0.25) is 0 Å². The van der Waals surface area contributed by atoms with Crippen LogP contribution in [-0.4, -0.2) is 30.0 Å². The number of fused-ring (bicyclic) bond motifs is 2. The molecule has 1 fully saturated rings. The van der Waals surface area contributed by atoms with Crippen LogP contribution in [0.5, 0.6) is 5.75 Å². The van der Waals surface area contributed by atoms with Gasteiger partial charge in [-0.1, -0.05) is 55.8 Å². The van der Waals surface area contributed by atoms with Crippen LogP contribution in [0.15, 0.2) is 69.9 Å². The fourth-order valence-corrected chi connectivity index (χ4v) is 5.42. The van der Waals surface area contributed by atoms with Gasteiger partial charge in [-0.15, -0.1) is 0 Å². The molecule has 3 amide bonds. The molecule has 7 nitrogen and oxygen atoms in total. The molecular formula is C31H29F3N2O5. The number of imide groups is 1. The Morgan fingerprint density at radius 1 is 0.976 bits per heavy atom. The van der Waals surface area contributed by atoms with Crippen molar-refractivity contribution in [1.29, 1.82) is 0 Å². The summed E-state index contributed by atoms with van der Waals surface area (Å²) in [6, 6.07) is 16.0. The molecule has 2 heterocycles. The number of urea groups is 1. The van der Waals surface area contributed by atoms with Gasteiger partial charge in [-0.3, -0.25) is 9.69 Å². The highest BCUT2D eigenvalue weighted by Gasteiger charge is 2.49. The Hall–Kier alpha value is -4.34. The average molecular weight is 567 g/mol. The summed E-state index contributed by atoms with van der Waals surface area (Å²) in [7, 11) is 0. The lowest BCUT2D eigenvalue weighted by Crippen LogP contribution is -2.41. The van der Waals surface area contributed by atoms with Crippen LogP contribution in [0.3, 0.4) is 0 Å². The number of carbonyl (C=O) groups is 2. The number of benzene rings is 3. The number of aryl methyl sites for hydroxylation is 1. The van der Waals surface area contributed by atoms with E-state index < -0.39 is 28.9 Å². The molecule has 3 aromatic carbocycles. The van der Waals surface area contributed by atoms with Gasteiger partial charge >= 0.3 is 17.8 Å². The van der Waals surface area contributed by atoms with E-state index >= 15 is 0 Å². The van der Waals surface area contributed by atoms with Gasteiger partial charge in [0.15, 0.2) is 0 Å². The molecule has 1 aromatic heterocycles. The Balaban J connectivity index is 1.27. The van der Waals surface area contributed by atoms with Crippen molar-refractivity contribution in [2.24, 2.45) is 0 Å². The van der Waals surface area contributed by atoms with E-state index in [9.17, 15) is 27.6 Å². The first-order chi connectivity index (χ1) is 19.5. The van der Waals surface area contributed by atoms with Crippen molar-refractivity contribution in [2.45, 2.75) is 51.2 Å². The van der Waals surface area contributed by atoms with E-state index in [1.165, 1.54) is 17.0 Å². The summed E-state index contributed by atoms with van der Waals surface area (Å²) < 4.78 is 51.7. The average Bonchev–Trinajstić information content (AvgIpc) is 3.16. The second kappa shape index (κ2) is 10.9. The molecule has 0 spiro atoms. The summed E-state index contributed by atoms with van der Waals surface area (Å²) in [6.07, 6.45) is -2.83. The molecule has 10 heteroatoms. The first kappa shape index (κ1) is 28.2. The van der Waals surface area contributed by atoms with Gasteiger partial charge < -0.3 is 14.5 Å². The maximum absolute atomic E-state index is 13.5. The number of alkyl halides is 3. The second-order valence-corrected chi connectivity index (χ2v) is 10.2. The molecule has 1 unspecified atom stereocenters. The molecule has 0 saturated carbocycles. The van der Waals surface area contributed by atoms with Crippen LogP contribution in [0, 0.1) is 0 Å². The molecule has 0 bridgehead atoms. The molecule has 214 valence electrons. The third-order valence-corrected chi connectivity index (χ3v) is 7.41. The fourth-order valence-electron chi connectivity index (χ4n) is 5.42. The van der Waals surface area contributed by atoms with Crippen molar-refractivity contribution in [3.63, 3.8) is 0 Å². The molecule has 1 saturated heterocycles. The molecule has 1 N–H and O–H groups in total. The zero-order valence-electron chi connectivity index (χ0n) is 22.6. The van der Waals surface area contributed by atoms with Crippen LogP contribution in [-0.2, 0) is 22.9 Å². The summed E-state index contributed by atoms with van der Waals surface area (Å²) in [5.41, 5.74) is -2.34. The largest absolute Gasteiger partial charge is 0.493 e. The number of hydrogen-bond acceptors (Lipinski definition) is 5. The lowest BCUT2D eigenvalue weighted by atomic mass is 9.88. The third kappa shape index (κ3) is 5.26. The zero-order chi connectivity index (χ0) is 29.4. The number of rotatable bonds is 9. The number of nitrogens with one attached hydrogen (secondary N) is 1. The van der Waals surface area contributed by atoms with Gasteiger partial charge in [0.25, 0.3) is 5.91 Å². The summed E-state index contributed by atoms with van der Waals surface area (Å²) >= 11 is 0. The molecular weight excluding hydrogens is 537 g/mol. The maximum atomic E-state index is 13.5. The number of nitrogens with zero attached hydrogens (tertiary/aromatic N) is 1. The lowest BCUT2D eigenvalue weighted by molar-refractivity contribution is -0.136. The van der Waals surface area contributed by atoms with Gasteiger partial charge in [-0.25, -0.2) is 9.59 Å². The SMILES string of the molecule is CCCc1c(OCCCCN2C(=O)NC(C)(c3cccc4ccccc34)C2=O)ccc2c(C(F)(F)F)cc(=O)oc12. The summed E-state index contributed by atoms with van der Waals surface area (Å²) in [5.74, 6) is -0.00428.